The highest BCUT2D eigenvalue weighted by Gasteiger charge is 2.14. The van der Waals surface area contributed by atoms with Gasteiger partial charge in [-0.3, -0.25) is 9.59 Å². The van der Waals surface area contributed by atoms with Gasteiger partial charge >= 0.3 is 5.97 Å². The minimum absolute atomic E-state index is 0.0543. The molecule has 0 spiro atoms. The fraction of sp³-hybridized carbons (Fsp3) is 0.583. The van der Waals surface area contributed by atoms with E-state index in [4.69, 9.17) is 11.6 Å². The molecule has 0 aromatic carbocycles. The van der Waals surface area contributed by atoms with Crippen molar-refractivity contribution in [1.82, 2.24) is 9.78 Å². The van der Waals surface area contributed by atoms with Gasteiger partial charge in [0.15, 0.2) is 0 Å². The lowest BCUT2D eigenvalue weighted by atomic mass is 10.1. The van der Waals surface area contributed by atoms with Gasteiger partial charge in [-0.05, 0) is 20.3 Å². The molecule has 1 rings (SSSR count). The van der Waals surface area contributed by atoms with E-state index in [9.17, 15) is 14.7 Å². The molecular weight excluding hydrogens is 286 g/mol. The zero-order valence-electron chi connectivity index (χ0n) is 11.6. The average molecular weight is 304 g/mol. The van der Waals surface area contributed by atoms with Crippen molar-refractivity contribution in [1.29, 1.82) is 0 Å². The van der Waals surface area contributed by atoms with Gasteiger partial charge in [0.1, 0.15) is 11.6 Å². The van der Waals surface area contributed by atoms with Crippen molar-refractivity contribution in [3.63, 3.8) is 0 Å². The van der Waals surface area contributed by atoms with Gasteiger partial charge in [-0.1, -0.05) is 11.6 Å². The molecule has 1 aromatic rings. The summed E-state index contributed by atoms with van der Waals surface area (Å²) in [6.45, 7) is 3.23. The minimum atomic E-state index is -0.584. The number of methoxy groups -OCH3 is 1. The molecule has 1 aromatic heterocycles. The Kier molecular flexibility index (Phi) is 5.97. The Bertz CT molecular complexity index is 530. The van der Waals surface area contributed by atoms with Crippen molar-refractivity contribution >= 4 is 23.3 Å². The van der Waals surface area contributed by atoms with Crippen LogP contribution in [0.25, 0.3) is 0 Å². The number of carbonyl (C=O) groups excluding carboxylic acids is 1. The first kappa shape index (κ1) is 16.5. The molecule has 1 heterocycles. The number of halogens is 1. The fourth-order valence-electron chi connectivity index (χ4n) is 1.70. The zero-order valence-corrected chi connectivity index (χ0v) is 12.3. The maximum atomic E-state index is 11.9. The molecule has 0 radical (unpaired) electrons. The van der Waals surface area contributed by atoms with Crippen molar-refractivity contribution in [2.24, 2.45) is 0 Å². The minimum Gasteiger partial charge on any atom is -0.468 e. The largest absolute Gasteiger partial charge is 0.468 e. The highest BCUT2D eigenvalue weighted by atomic mass is 35.5. The highest BCUT2D eigenvalue weighted by Crippen LogP contribution is 2.17. The summed E-state index contributed by atoms with van der Waals surface area (Å²) in [4.78, 5) is 23.0. The molecule has 0 aliphatic heterocycles. The van der Waals surface area contributed by atoms with Crippen LogP contribution >= 0.6 is 11.6 Å². The van der Waals surface area contributed by atoms with E-state index in [0.29, 0.717) is 12.1 Å². The molecule has 112 valence electrons. The summed E-state index contributed by atoms with van der Waals surface area (Å²) in [7, 11) is 1.22. The van der Waals surface area contributed by atoms with E-state index >= 15 is 0 Å². The molecule has 2 unspecified atom stereocenters. The number of hydrogen-bond donors (Lipinski definition) is 2. The number of aliphatic hydroxyl groups excluding tert-OH is 1. The standard InChI is InChI=1S/C12H18ClN3O4/c1-7(4-8(2)17)15-9-5-14-16(6-10(18)20-3)12(19)11(9)13/h5,7-8,15,17H,4,6H2,1-3H3. The van der Waals surface area contributed by atoms with E-state index < -0.39 is 17.6 Å². The molecule has 0 aliphatic carbocycles. The Morgan fingerprint density at radius 1 is 1.60 bits per heavy atom. The monoisotopic (exact) mass is 303 g/mol. The molecule has 0 fully saturated rings. The number of rotatable bonds is 6. The second-order valence-corrected chi connectivity index (χ2v) is 4.92. The number of esters is 1. The molecule has 20 heavy (non-hydrogen) atoms. The number of aliphatic hydroxyl groups is 1. The summed E-state index contributed by atoms with van der Waals surface area (Å²) in [5.41, 5.74) is -0.211. The number of ether oxygens (including phenoxy) is 1. The predicted octanol–water partition coefficient (Wildman–Crippen LogP) is 0.641. The second kappa shape index (κ2) is 7.25. The third-order valence-corrected chi connectivity index (χ3v) is 2.95. The summed E-state index contributed by atoms with van der Waals surface area (Å²) in [5, 5.41) is 16.1. The topological polar surface area (TPSA) is 93.5 Å². The molecule has 0 aliphatic rings. The van der Waals surface area contributed by atoms with Crippen LogP contribution in [-0.2, 0) is 16.1 Å². The van der Waals surface area contributed by atoms with E-state index in [1.807, 2.05) is 6.92 Å². The van der Waals surface area contributed by atoms with Crippen LogP contribution in [0.5, 0.6) is 0 Å². The molecule has 2 atom stereocenters. The summed E-state index contributed by atoms with van der Waals surface area (Å²) in [6, 6.07) is -0.0786. The van der Waals surface area contributed by atoms with Gasteiger partial charge in [0.2, 0.25) is 0 Å². The number of carbonyl (C=O) groups is 1. The number of aromatic nitrogens is 2. The van der Waals surface area contributed by atoms with E-state index in [-0.39, 0.29) is 17.6 Å². The maximum Gasteiger partial charge on any atom is 0.327 e. The van der Waals surface area contributed by atoms with Crippen molar-refractivity contribution in [3.05, 3.63) is 21.6 Å². The van der Waals surface area contributed by atoms with Crippen molar-refractivity contribution < 1.29 is 14.6 Å². The Balaban J connectivity index is 2.89. The quantitative estimate of drug-likeness (QED) is 0.749. The third-order valence-electron chi connectivity index (χ3n) is 2.59. The number of hydrogen-bond acceptors (Lipinski definition) is 6. The van der Waals surface area contributed by atoms with E-state index in [1.165, 1.54) is 13.3 Å². The van der Waals surface area contributed by atoms with Gasteiger partial charge in [0.05, 0.1) is 25.1 Å². The lowest BCUT2D eigenvalue weighted by Gasteiger charge is -2.17. The van der Waals surface area contributed by atoms with Crippen LogP contribution < -0.4 is 10.9 Å². The molecule has 8 heteroatoms. The van der Waals surface area contributed by atoms with Crippen LogP contribution in [0, 0.1) is 0 Å². The normalized spacial score (nSPS) is 13.7. The Hall–Kier alpha value is -1.60. The fourth-order valence-corrected chi connectivity index (χ4v) is 1.90. The number of anilines is 1. The van der Waals surface area contributed by atoms with Crippen molar-refractivity contribution in [2.45, 2.75) is 39.0 Å². The Morgan fingerprint density at radius 2 is 2.25 bits per heavy atom. The SMILES string of the molecule is COC(=O)Cn1ncc(NC(C)CC(C)O)c(Cl)c1=O. The highest BCUT2D eigenvalue weighted by molar-refractivity contribution is 6.32. The first-order chi connectivity index (χ1) is 9.35. The van der Waals surface area contributed by atoms with Crippen LogP contribution in [0.15, 0.2) is 11.0 Å². The van der Waals surface area contributed by atoms with Crippen LogP contribution in [0.4, 0.5) is 5.69 Å². The van der Waals surface area contributed by atoms with Gasteiger partial charge in [0.25, 0.3) is 5.56 Å². The third kappa shape index (κ3) is 4.50. The summed E-state index contributed by atoms with van der Waals surface area (Å²) in [6.07, 6.45) is 1.40. The molecule has 0 bridgehead atoms. The van der Waals surface area contributed by atoms with Gasteiger partial charge in [0, 0.05) is 6.04 Å². The van der Waals surface area contributed by atoms with E-state index in [1.54, 1.807) is 6.92 Å². The van der Waals surface area contributed by atoms with Crippen molar-refractivity contribution in [3.8, 4) is 0 Å². The molecule has 0 saturated carbocycles. The molecule has 2 N–H and O–H groups in total. The van der Waals surface area contributed by atoms with Gasteiger partial charge in [-0.15, -0.1) is 0 Å². The molecule has 0 amide bonds. The van der Waals surface area contributed by atoms with Crippen LogP contribution in [0.2, 0.25) is 5.02 Å². The first-order valence-electron chi connectivity index (χ1n) is 6.12. The van der Waals surface area contributed by atoms with Crippen molar-refractivity contribution in [2.75, 3.05) is 12.4 Å². The van der Waals surface area contributed by atoms with Crippen LogP contribution in [0.1, 0.15) is 20.3 Å². The molecule has 0 saturated heterocycles. The van der Waals surface area contributed by atoms with Gasteiger partial charge < -0.3 is 15.2 Å². The number of nitrogens with zero attached hydrogens (tertiary/aromatic N) is 2. The Morgan fingerprint density at radius 3 is 2.80 bits per heavy atom. The predicted molar refractivity (Wildman–Crippen MR) is 74.9 cm³/mol. The molecular formula is C12H18ClN3O4. The van der Waals surface area contributed by atoms with E-state index in [0.717, 1.165) is 4.68 Å². The lowest BCUT2D eigenvalue weighted by Crippen LogP contribution is -2.29. The summed E-state index contributed by atoms with van der Waals surface area (Å²) >= 11 is 5.96. The summed E-state index contributed by atoms with van der Waals surface area (Å²) < 4.78 is 5.39. The number of nitrogens with one attached hydrogen (secondary N) is 1. The lowest BCUT2D eigenvalue weighted by molar-refractivity contribution is -0.141. The maximum absolute atomic E-state index is 11.9. The van der Waals surface area contributed by atoms with Gasteiger partial charge in [-0.25, -0.2) is 4.68 Å². The van der Waals surface area contributed by atoms with E-state index in [2.05, 4.69) is 15.2 Å². The Labute approximate surface area is 121 Å². The smallest absolute Gasteiger partial charge is 0.327 e. The van der Waals surface area contributed by atoms with Crippen LogP contribution in [0.3, 0.4) is 0 Å². The summed E-state index contributed by atoms with van der Waals surface area (Å²) in [5.74, 6) is -0.584. The second-order valence-electron chi connectivity index (χ2n) is 4.54. The zero-order chi connectivity index (χ0) is 15.3. The van der Waals surface area contributed by atoms with Crippen LogP contribution in [-0.4, -0.2) is 40.1 Å². The average Bonchev–Trinajstić information content (AvgIpc) is 2.37. The molecule has 7 nitrogen and oxygen atoms in total. The first-order valence-corrected chi connectivity index (χ1v) is 6.50. The van der Waals surface area contributed by atoms with Gasteiger partial charge in [-0.2, -0.15) is 5.10 Å².